The number of hydrogen-bond donors (Lipinski definition) is 0. The Morgan fingerprint density at radius 1 is 1.27 bits per heavy atom. The van der Waals surface area contributed by atoms with E-state index in [1.165, 1.54) is 11.1 Å². The first-order valence-electron chi connectivity index (χ1n) is 3.87. The molecule has 0 nitrogen and oxygen atoms in total. The molecule has 1 rings (SSSR count). The third kappa shape index (κ3) is 2.23. The highest BCUT2D eigenvalue weighted by Gasteiger charge is 1.87. The monoisotopic (exact) mass is 145 g/mol. The van der Waals surface area contributed by atoms with Gasteiger partial charge in [0.1, 0.15) is 0 Å². The zero-order chi connectivity index (χ0) is 8.10. The van der Waals surface area contributed by atoms with Gasteiger partial charge in [-0.05, 0) is 31.4 Å². The van der Waals surface area contributed by atoms with Crippen molar-refractivity contribution < 1.29 is 0 Å². The first-order chi connectivity index (χ1) is 5.36. The third-order valence-electron chi connectivity index (χ3n) is 1.63. The molecule has 1 radical (unpaired) electrons. The van der Waals surface area contributed by atoms with E-state index in [-0.39, 0.29) is 0 Å². The Hall–Kier alpha value is -1.04. The Kier molecular flexibility index (Phi) is 2.91. The van der Waals surface area contributed by atoms with Gasteiger partial charge in [0, 0.05) is 0 Å². The van der Waals surface area contributed by atoms with Crippen molar-refractivity contribution in [1.29, 1.82) is 0 Å². The van der Waals surface area contributed by atoms with Gasteiger partial charge >= 0.3 is 0 Å². The normalized spacial score (nSPS) is 10.7. The fourth-order valence-corrected chi connectivity index (χ4v) is 0.988. The van der Waals surface area contributed by atoms with Crippen molar-refractivity contribution in [2.24, 2.45) is 0 Å². The van der Waals surface area contributed by atoms with Crippen LogP contribution in [0.25, 0.3) is 6.08 Å². The average Bonchev–Trinajstić information content (AvgIpc) is 2.07. The van der Waals surface area contributed by atoms with Crippen LogP contribution in [0, 0.1) is 6.92 Å². The molecule has 0 atom stereocenters. The summed E-state index contributed by atoms with van der Waals surface area (Å²) in [5, 5.41) is 0. The van der Waals surface area contributed by atoms with E-state index >= 15 is 0 Å². The van der Waals surface area contributed by atoms with E-state index in [0.29, 0.717) is 0 Å². The molecule has 0 heterocycles. The van der Waals surface area contributed by atoms with Gasteiger partial charge in [-0.15, -0.1) is 0 Å². The Labute approximate surface area is 68.6 Å². The van der Waals surface area contributed by atoms with Gasteiger partial charge in [0.15, 0.2) is 0 Å². The molecule has 0 saturated carbocycles. The highest BCUT2D eigenvalue weighted by Crippen LogP contribution is 2.05. The van der Waals surface area contributed by atoms with Gasteiger partial charge in [-0.2, -0.15) is 0 Å². The molecule has 0 amide bonds. The Bertz CT molecular complexity index is 229. The standard InChI is InChI=1S/C11H13/c1-3-5-11-8-6-10(4-2)7-9-11/h3,5-9H,2,4H2,1H3/b5-3-. The maximum absolute atomic E-state index is 3.81. The molecule has 0 heteroatoms. The van der Waals surface area contributed by atoms with Crippen molar-refractivity contribution in [2.45, 2.75) is 13.3 Å². The molecule has 0 unspecified atom stereocenters. The van der Waals surface area contributed by atoms with E-state index in [1.54, 1.807) is 0 Å². The van der Waals surface area contributed by atoms with E-state index in [9.17, 15) is 0 Å². The van der Waals surface area contributed by atoms with Gasteiger partial charge in [0.05, 0.1) is 0 Å². The molecule has 0 aliphatic carbocycles. The largest absolute Gasteiger partial charge is 0.0871 e. The summed E-state index contributed by atoms with van der Waals surface area (Å²) in [5.74, 6) is 0. The summed E-state index contributed by atoms with van der Waals surface area (Å²) in [6.07, 6.45) is 5.00. The fraction of sp³-hybridized carbons (Fsp3) is 0.182. The summed E-state index contributed by atoms with van der Waals surface area (Å²) >= 11 is 0. The highest BCUT2D eigenvalue weighted by molar-refractivity contribution is 5.49. The van der Waals surface area contributed by atoms with E-state index in [0.717, 1.165) is 6.42 Å². The molecule has 1 aromatic carbocycles. The summed E-state index contributed by atoms with van der Waals surface area (Å²) in [6.45, 7) is 5.84. The Morgan fingerprint density at radius 2 is 1.91 bits per heavy atom. The van der Waals surface area contributed by atoms with Crippen LogP contribution in [-0.4, -0.2) is 0 Å². The summed E-state index contributed by atoms with van der Waals surface area (Å²) in [5.41, 5.74) is 2.54. The van der Waals surface area contributed by atoms with Crippen molar-refractivity contribution in [3.63, 3.8) is 0 Å². The number of rotatable bonds is 2. The van der Waals surface area contributed by atoms with Crippen molar-refractivity contribution in [1.82, 2.24) is 0 Å². The minimum Gasteiger partial charge on any atom is -0.0871 e. The Balaban J connectivity index is 2.82. The minimum atomic E-state index is 0.871. The molecular formula is C11H13. The van der Waals surface area contributed by atoms with Crippen LogP contribution in [0.5, 0.6) is 0 Å². The first-order valence-corrected chi connectivity index (χ1v) is 3.87. The summed E-state index contributed by atoms with van der Waals surface area (Å²) in [4.78, 5) is 0. The molecule has 0 aromatic heterocycles. The fourth-order valence-electron chi connectivity index (χ4n) is 0.988. The van der Waals surface area contributed by atoms with E-state index in [2.05, 4.69) is 37.3 Å². The van der Waals surface area contributed by atoms with Crippen molar-refractivity contribution in [2.75, 3.05) is 0 Å². The number of allylic oxidation sites excluding steroid dienone is 1. The van der Waals surface area contributed by atoms with Gasteiger partial charge < -0.3 is 0 Å². The molecule has 0 fully saturated rings. The van der Waals surface area contributed by atoms with Crippen molar-refractivity contribution in [3.8, 4) is 0 Å². The topological polar surface area (TPSA) is 0 Å². The smallest absolute Gasteiger partial charge is 0.0260 e. The SMILES string of the molecule is [CH2]Cc1ccc(/C=C\C)cc1. The minimum absolute atomic E-state index is 0.871. The van der Waals surface area contributed by atoms with Crippen LogP contribution in [0.15, 0.2) is 30.3 Å². The third-order valence-corrected chi connectivity index (χ3v) is 1.63. The highest BCUT2D eigenvalue weighted by atomic mass is 13.9. The molecule has 0 N–H and O–H groups in total. The molecule has 0 aliphatic rings. The van der Waals surface area contributed by atoms with Crippen LogP contribution in [0.3, 0.4) is 0 Å². The Morgan fingerprint density at radius 3 is 2.36 bits per heavy atom. The second kappa shape index (κ2) is 3.97. The zero-order valence-electron chi connectivity index (χ0n) is 6.88. The molecule has 0 aliphatic heterocycles. The van der Waals surface area contributed by atoms with Gasteiger partial charge in [-0.25, -0.2) is 0 Å². The van der Waals surface area contributed by atoms with Crippen LogP contribution < -0.4 is 0 Å². The predicted octanol–water partition coefficient (Wildman–Crippen LogP) is 3.10. The lowest BCUT2D eigenvalue weighted by atomic mass is 10.1. The number of benzene rings is 1. The van der Waals surface area contributed by atoms with Crippen LogP contribution in [0.2, 0.25) is 0 Å². The van der Waals surface area contributed by atoms with Crippen molar-refractivity contribution in [3.05, 3.63) is 48.4 Å². The van der Waals surface area contributed by atoms with Gasteiger partial charge in [-0.3, -0.25) is 0 Å². The average molecular weight is 145 g/mol. The lowest BCUT2D eigenvalue weighted by molar-refractivity contribution is 1.27. The molecule has 1 aromatic rings. The number of hydrogen-bond acceptors (Lipinski definition) is 0. The van der Waals surface area contributed by atoms with E-state index in [1.807, 2.05) is 13.0 Å². The second-order valence-electron chi connectivity index (χ2n) is 2.49. The summed E-state index contributed by atoms with van der Waals surface area (Å²) in [6, 6.07) is 8.45. The summed E-state index contributed by atoms with van der Waals surface area (Å²) in [7, 11) is 0. The molecule has 11 heavy (non-hydrogen) atoms. The summed E-state index contributed by atoms with van der Waals surface area (Å²) < 4.78 is 0. The molecular weight excluding hydrogens is 132 g/mol. The van der Waals surface area contributed by atoms with E-state index in [4.69, 9.17) is 0 Å². The van der Waals surface area contributed by atoms with Gasteiger partial charge in [0.2, 0.25) is 0 Å². The quantitative estimate of drug-likeness (QED) is 0.600. The van der Waals surface area contributed by atoms with Crippen LogP contribution in [-0.2, 0) is 6.42 Å². The molecule has 0 saturated heterocycles. The van der Waals surface area contributed by atoms with Crippen LogP contribution >= 0.6 is 0 Å². The van der Waals surface area contributed by atoms with E-state index < -0.39 is 0 Å². The molecule has 0 spiro atoms. The second-order valence-corrected chi connectivity index (χ2v) is 2.49. The van der Waals surface area contributed by atoms with Crippen LogP contribution in [0.4, 0.5) is 0 Å². The zero-order valence-corrected chi connectivity index (χ0v) is 6.88. The van der Waals surface area contributed by atoms with Gasteiger partial charge in [0.25, 0.3) is 0 Å². The first kappa shape index (κ1) is 8.06. The van der Waals surface area contributed by atoms with Crippen LogP contribution in [0.1, 0.15) is 18.1 Å². The lowest BCUT2D eigenvalue weighted by Crippen LogP contribution is -1.78. The maximum Gasteiger partial charge on any atom is -0.0260 e. The molecule has 57 valence electrons. The molecule has 0 bridgehead atoms. The predicted molar refractivity (Wildman–Crippen MR) is 50.2 cm³/mol. The van der Waals surface area contributed by atoms with Gasteiger partial charge in [-0.1, -0.05) is 36.4 Å². The maximum atomic E-state index is 3.81. The van der Waals surface area contributed by atoms with Crippen molar-refractivity contribution >= 4 is 6.08 Å². The lowest BCUT2D eigenvalue weighted by Gasteiger charge is -1.95.